The quantitative estimate of drug-likeness (QED) is 0.691. The van der Waals surface area contributed by atoms with Crippen LogP contribution in [0.25, 0.3) is 5.65 Å². The van der Waals surface area contributed by atoms with Crippen LogP contribution in [0.2, 0.25) is 0 Å². The summed E-state index contributed by atoms with van der Waals surface area (Å²) in [5.74, 6) is 0.907. The molecule has 0 spiro atoms. The lowest BCUT2D eigenvalue weighted by molar-refractivity contribution is 1.00. The molecule has 2 heterocycles. The van der Waals surface area contributed by atoms with E-state index in [4.69, 9.17) is 0 Å². The Bertz CT molecular complexity index is 437. The monoisotopic (exact) mass is 337 g/mol. The van der Waals surface area contributed by atoms with Crippen LogP contribution in [-0.4, -0.2) is 14.6 Å². The Balaban J connectivity index is 2.92. The van der Waals surface area contributed by atoms with Crippen molar-refractivity contribution < 1.29 is 0 Å². The molecule has 0 aliphatic rings. The number of aromatic nitrogens is 3. The zero-order valence-corrected chi connectivity index (χ0v) is 10.00. The van der Waals surface area contributed by atoms with Crippen LogP contribution in [0.4, 0.5) is 0 Å². The van der Waals surface area contributed by atoms with Crippen molar-refractivity contribution in [3.8, 4) is 0 Å². The molecule has 0 aromatic carbocycles. The third-order valence-electron chi connectivity index (χ3n) is 1.60. The SMILES string of the molecule is Cc1nnc2c(Br)cc(I)cn12. The summed E-state index contributed by atoms with van der Waals surface area (Å²) in [5, 5.41) is 8.00. The molecular formula is C7H5BrIN3. The van der Waals surface area contributed by atoms with Crippen molar-refractivity contribution in [1.82, 2.24) is 14.6 Å². The van der Waals surface area contributed by atoms with E-state index in [1.807, 2.05) is 23.6 Å². The molecule has 0 bridgehead atoms. The van der Waals surface area contributed by atoms with E-state index in [1.165, 1.54) is 0 Å². The highest BCUT2D eigenvalue weighted by Gasteiger charge is 2.04. The van der Waals surface area contributed by atoms with E-state index in [0.717, 1.165) is 19.5 Å². The minimum atomic E-state index is 0.868. The topological polar surface area (TPSA) is 30.2 Å². The van der Waals surface area contributed by atoms with E-state index in [0.29, 0.717) is 0 Å². The van der Waals surface area contributed by atoms with Gasteiger partial charge in [0.1, 0.15) is 5.82 Å². The molecule has 12 heavy (non-hydrogen) atoms. The van der Waals surface area contributed by atoms with Crippen LogP contribution >= 0.6 is 38.5 Å². The van der Waals surface area contributed by atoms with E-state index in [-0.39, 0.29) is 0 Å². The van der Waals surface area contributed by atoms with Gasteiger partial charge in [-0.05, 0) is 51.5 Å². The number of aryl methyl sites for hydroxylation is 1. The van der Waals surface area contributed by atoms with Gasteiger partial charge in [-0.25, -0.2) is 0 Å². The fraction of sp³-hybridized carbons (Fsp3) is 0.143. The predicted molar refractivity (Wildman–Crippen MR) is 58.1 cm³/mol. The number of pyridine rings is 1. The molecule has 2 rings (SSSR count). The summed E-state index contributed by atoms with van der Waals surface area (Å²) in [7, 11) is 0. The van der Waals surface area contributed by atoms with Crippen LogP contribution in [-0.2, 0) is 0 Å². The molecule has 0 atom stereocenters. The van der Waals surface area contributed by atoms with E-state index in [9.17, 15) is 0 Å². The van der Waals surface area contributed by atoms with Gasteiger partial charge in [-0.1, -0.05) is 0 Å². The van der Waals surface area contributed by atoms with Gasteiger partial charge in [0, 0.05) is 9.77 Å². The first kappa shape index (κ1) is 8.43. The van der Waals surface area contributed by atoms with E-state index >= 15 is 0 Å². The molecule has 0 unspecified atom stereocenters. The van der Waals surface area contributed by atoms with Gasteiger partial charge in [0.05, 0.1) is 4.47 Å². The number of hydrogen-bond donors (Lipinski definition) is 0. The fourth-order valence-electron chi connectivity index (χ4n) is 1.03. The largest absolute Gasteiger partial charge is 0.285 e. The summed E-state index contributed by atoms with van der Waals surface area (Å²) >= 11 is 5.69. The van der Waals surface area contributed by atoms with Crippen LogP contribution in [0, 0.1) is 10.5 Å². The summed E-state index contributed by atoms with van der Waals surface area (Å²) in [5.41, 5.74) is 0.868. The standard InChI is InChI=1S/C7H5BrIN3/c1-4-10-11-7-6(8)2-5(9)3-12(4)7/h2-3H,1H3. The van der Waals surface area contributed by atoms with Crippen LogP contribution in [0.5, 0.6) is 0 Å². The van der Waals surface area contributed by atoms with Gasteiger partial charge in [-0.2, -0.15) is 0 Å². The molecule has 0 aliphatic heterocycles. The van der Waals surface area contributed by atoms with E-state index in [1.54, 1.807) is 0 Å². The second-order valence-electron chi connectivity index (χ2n) is 2.45. The average Bonchev–Trinajstić information content (AvgIpc) is 2.33. The molecule has 0 radical (unpaired) electrons. The Morgan fingerprint density at radius 1 is 1.50 bits per heavy atom. The lowest BCUT2D eigenvalue weighted by atomic mass is 10.5. The number of fused-ring (bicyclic) bond motifs is 1. The molecule has 2 aromatic heterocycles. The van der Waals surface area contributed by atoms with Crippen molar-refractivity contribution >= 4 is 44.2 Å². The molecule has 0 N–H and O–H groups in total. The second-order valence-corrected chi connectivity index (χ2v) is 4.55. The van der Waals surface area contributed by atoms with Crippen molar-refractivity contribution in [3.05, 3.63) is 26.1 Å². The van der Waals surface area contributed by atoms with Gasteiger partial charge in [0.2, 0.25) is 0 Å². The number of nitrogens with zero attached hydrogens (tertiary/aromatic N) is 3. The maximum absolute atomic E-state index is 4.02. The molecule has 3 nitrogen and oxygen atoms in total. The molecule has 0 amide bonds. The lowest BCUT2D eigenvalue weighted by Crippen LogP contribution is -1.89. The zero-order valence-electron chi connectivity index (χ0n) is 6.25. The van der Waals surface area contributed by atoms with Crippen LogP contribution in [0.1, 0.15) is 5.82 Å². The summed E-state index contributed by atoms with van der Waals surface area (Å²) in [6.45, 7) is 1.93. The first-order valence-corrected chi connectivity index (χ1v) is 5.22. The van der Waals surface area contributed by atoms with Crippen LogP contribution < -0.4 is 0 Å². The third-order valence-corrected chi connectivity index (χ3v) is 2.77. The van der Waals surface area contributed by atoms with Crippen molar-refractivity contribution in [2.75, 3.05) is 0 Å². The number of halogens is 2. The Morgan fingerprint density at radius 3 is 3.00 bits per heavy atom. The Kier molecular flexibility index (Phi) is 2.07. The molecular weight excluding hydrogens is 333 g/mol. The summed E-state index contributed by atoms with van der Waals surface area (Å²) in [6.07, 6.45) is 2.01. The Morgan fingerprint density at radius 2 is 2.25 bits per heavy atom. The smallest absolute Gasteiger partial charge is 0.175 e. The maximum atomic E-state index is 4.02. The van der Waals surface area contributed by atoms with Gasteiger partial charge >= 0.3 is 0 Å². The first-order valence-electron chi connectivity index (χ1n) is 3.35. The summed E-state index contributed by atoms with van der Waals surface area (Å²) < 4.78 is 4.11. The average molecular weight is 338 g/mol. The van der Waals surface area contributed by atoms with Crippen LogP contribution in [0.15, 0.2) is 16.7 Å². The molecule has 2 aromatic rings. The fourth-order valence-corrected chi connectivity index (χ4v) is 2.57. The van der Waals surface area contributed by atoms with Gasteiger partial charge in [0.15, 0.2) is 5.65 Å². The van der Waals surface area contributed by atoms with Gasteiger partial charge in [-0.3, -0.25) is 4.40 Å². The zero-order chi connectivity index (χ0) is 8.72. The van der Waals surface area contributed by atoms with Crippen LogP contribution in [0.3, 0.4) is 0 Å². The van der Waals surface area contributed by atoms with Crippen molar-refractivity contribution in [2.24, 2.45) is 0 Å². The van der Waals surface area contributed by atoms with Crippen molar-refractivity contribution in [2.45, 2.75) is 6.92 Å². The normalized spacial score (nSPS) is 10.9. The molecule has 5 heteroatoms. The van der Waals surface area contributed by atoms with Gasteiger partial charge < -0.3 is 0 Å². The molecule has 0 saturated carbocycles. The Hall–Kier alpha value is -0.170. The molecule has 0 aliphatic carbocycles. The molecule has 0 saturated heterocycles. The highest BCUT2D eigenvalue weighted by Crippen LogP contribution is 2.19. The van der Waals surface area contributed by atoms with E-state index < -0.39 is 0 Å². The molecule has 0 fully saturated rings. The third kappa shape index (κ3) is 1.24. The molecule has 62 valence electrons. The minimum absolute atomic E-state index is 0.868. The van der Waals surface area contributed by atoms with E-state index in [2.05, 4.69) is 48.7 Å². The van der Waals surface area contributed by atoms with Crippen molar-refractivity contribution in [3.63, 3.8) is 0 Å². The number of rotatable bonds is 0. The summed E-state index contributed by atoms with van der Waals surface area (Å²) in [6, 6.07) is 2.02. The first-order chi connectivity index (χ1) is 5.68. The minimum Gasteiger partial charge on any atom is -0.285 e. The second kappa shape index (κ2) is 2.95. The maximum Gasteiger partial charge on any atom is 0.175 e. The summed E-state index contributed by atoms with van der Waals surface area (Å²) in [4.78, 5) is 0. The number of hydrogen-bond acceptors (Lipinski definition) is 2. The van der Waals surface area contributed by atoms with Gasteiger partial charge in [0.25, 0.3) is 0 Å². The Labute approximate surface area is 91.5 Å². The highest BCUT2D eigenvalue weighted by molar-refractivity contribution is 14.1. The lowest BCUT2D eigenvalue weighted by Gasteiger charge is -1.97. The predicted octanol–water partition coefficient (Wildman–Crippen LogP) is 2.40. The highest BCUT2D eigenvalue weighted by atomic mass is 127. The van der Waals surface area contributed by atoms with Gasteiger partial charge in [-0.15, -0.1) is 10.2 Å². The van der Waals surface area contributed by atoms with Crippen molar-refractivity contribution in [1.29, 1.82) is 0 Å².